The van der Waals surface area contributed by atoms with E-state index in [1.807, 2.05) is 30.5 Å². The molecule has 7 heteroatoms. The fourth-order valence-electron chi connectivity index (χ4n) is 4.43. The van der Waals surface area contributed by atoms with Gasteiger partial charge in [-0.3, -0.25) is 0 Å². The first-order valence-corrected chi connectivity index (χ1v) is 11.0. The number of aromatic nitrogens is 2. The van der Waals surface area contributed by atoms with Crippen molar-refractivity contribution in [3.63, 3.8) is 0 Å². The number of ether oxygens (including phenoxy) is 1. The van der Waals surface area contributed by atoms with Gasteiger partial charge in [-0.1, -0.05) is 6.07 Å². The van der Waals surface area contributed by atoms with E-state index in [2.05, 4.69) is 27.6 Å². The lowest BCUT2D eigenvalue weighted by Gasteiger charge is -2.32. The van der Waals surface area contributed by atoms with Crippen molar-refractivity contribution < 1.29 is 9.84 Å². The molecule has 1 aromatic carbocycles. The second kappa shape index (κ2) is 9.62. The number of likely N-dealkylation sites (tertiary alicyclic amines) is 1. The largest absolute Gasteiger partial charge is 0.497 e. The lowest BCUT2D eigenvalue weighted by atomic mass is 9.89. The zero-order chi connectivity index (χ0) is 20.9. The number of nitrogens with one attached hydrogen (secondary N) is 2. The molecule has 0 radical (unpaired) electrons. The molecule has 1 aromatic heterocycles. The Labute approximate surface area is 178 Å². The Hall–Kier alpha value is -2.38. The standard InChI is InChI=1S/C23H33N5O2/c1-28-12-10-16(11-13-28)21-15-24-23(26-18-4-3-5-20(14-18)30-2)27-22(21)25-17-6-8-19(29)9-7-17/h3-5,14-17,19,29H,6-13H2,1-2H3,(H2,24,25,26,27)/t17-,19-. The van der Waals surface area contributed by atoms with E-state index < -0.39 is 0 Å². The second-order valence-corrected chi connectivity index (χ2v) is 8.58. The first-order valence-electron chi connectivity index (χ1n) is 11.0. The minimum absolute atomic E-state index is 0.160. The molecule has 2 aromatic rings. The lowest BCUT2D eigenvalue weighted by molar-refractivity contribution is 0.126. The number of nitrogens with zero attached hydrogens (tertiary/aromatic N) is 3. The Morgan fingerprint density at radius 3 is 2.60 bits per heavy atom. The van der Waals surface area contributed by atoms with Gasteiger partial charge in [0.2, 0.25) is 5.95 Å². The minimum atomic E-state index is -0.160. The molecular formula is C23H33N5O2. The normalized spacial score (nSPS) is 23.2. The van der Waals surface area contributed by atoms with Gasteiger partial charge in [-0.15, -0.1) is 0 Å². The van der Waals surface area contributed by atoms with E-state index in [-0.39, 0.29) is 6.10 Å². The molecule has 162 valence electrons. The third-order valence-electron chi connectivity index (χ3n) is 6.34. The minimum Gasteiger partial charge on any atom is -0.497 e. The van der Waals surface area contributed by atoms with Crippen molar-refractivity contribution in [2.24, 2.45) is 0 Å². The maximum absolute atomic E-state index is 9.85. The zero-order valence-electron chi connectivity index (χ0n) is 18.0. The SMILES string of the molecule is COc1cccc(Nc2ncc(C3CCN(C)CC3)c(N[C@H]3CC[C@H](O)CC3)n2)c1. The van der Waals surface area contributed by atoms with Gasteiger partial charge >= 0.3 is 0 Å². The fourth-order valence-corrected chi connectivity index (χ4v) is 4.43. The summed E-state index contributed by atoms with van der Waals surface area (Å²) in [4.78, 5) is 11.9. The number of benzene rings is 1. The summed E-state index contributed by atoms with van der Waals surface area (Å²) in [6.07, 6.45) is 7.72. The zero-order valence-corrected chi connectivity index (χ0v) is 18.0. The molecule has 3 N–H and O–H groups in total. The van der Waals surface area contributed by atoms with Gasteiger partial charge in [0.1, 0.15) is 11.6 Å². The number of piperidine rings is 1. The lowest BCUT2D eigenvalue weighted by Crippen LogP contribution is -2.31. The molecule has 1 aliphatic carbocycles. The maximum Gasteiger partial charge on any atom is 0.229 e. The van der Waals surface area contributed by atoms with Crippen molar-refractivity contribution in [1.82, 2.24) is 14.9 Å². The van der Waals surface area contributed by atoms with Crippen molar-refractivity contribution in [3.8, 4) is 5.75 Å². The van der Waals surface area contributed by atoms with Crippen molar-refractivity contribution >= 4 is 17.5 Å². The van der Waals surface area contributed by atoms with Crippen LogP contribution in [0.2, 0.25) is 0 Å². The summed E-state index contributed by atoms with van der Waals surface area (Å²) in [6, 6.07) is 8.12. The van der Waals surface area contributed by atoms with Crippen LogP contribution in [-0.4, -0.2) is 59.4 Å². The Kier molecular flexibility index (Phi) is 6.69. The highest BCUT2D eigenvalue weighted by atomic mass is 16.5. The highest BCUT2D eigenvalue weighted by Crippen LogP contribution is 2.34. The smallest absolute Gasteiger partial charge is 0.229 e. The molecule has 0 bridgehead atoms. The number of hydrogen-bond acceptors (Lipinski definition) is 7. The third kappa shape index (κ3) is 5.21. The first-order chi connectivity index (χ1) is 14.6. The number of aliphatic hydroxyl groups excluding tert-OH is 1. The molecule has 2 aliphatic rings. The Morgan fingerprint density at radius 1 is 1.10 bits per heavy atom. The fraction of sp³-hybridized carbons (Fsp3) is 0.565. The highest BCUT2D eigenvalue weighted by molar-refractivity contribution is 5.58. The number of rotatable bonds is 6. The predicted octanol–water partition coefficient (Wildman–Crippen LogP) is 3.75. The summed E-state index contributed by atoms with van der Waals surface area (Å²) in [7, 11) is 3.84. The molecule has 7 nitrogen and oxygen atoms in total. The van der Waals surface area contributed by atoms with Crippen LogP contribution in [0.25, 0.3) is 0 Å². The molecular weight excluding hydrogens is 378 g/mol. The number of anilines is 3. The van der Waals surface area contributed by atoms with E-state index in [0.717, 1.165) is 68.9 Å². The molecule has 2 heterocycles. The topological polar surface area (TPSA) is 82.5 Å². The van der Waals surface area contributed by atoms with E-state index in [9.17, 15) is 5.11 Å². The van der Waals surface area contributed by atoms with Crippen LogP contribution in [0.5, 0.6) is 5.75 Å². The average Bonchev–Trinajstić information content (AvgIpc) is 2.76. The quantitative estimate of drug-likeness (QED) is 0.668. The van der Waals surface area contributed by atoms with E-state index in [4.69, 9.17) is 9.72 Å². The van der Waals surface area contributed by atoms with Gasteiger partial charge in [0.15, 0.2) is 0 Å². The van der Waals surface area contributed by atoms with Gasteiger partial charge in [-0.05, 0) is 76.7 Å². The van der Waals surface area contributed by atoms with Gasteiger partial charge in [0.05, 0.1) is 13.2 Å². The second-order valence-electron chi connectivity index (χ2n) is 8.58. The van der Waals surface area contributed by atoms with Gasteiger partial charge < -0.3 is 25.4 Å². The van der Waals surface area contributed by atoms with Gasteiger partial charge in [0, 0.05) is 29.6 Å². The number of aliphatic hydroxyl groups is 1. The van der Waals surface area contributed by atoms with Gasteiger partial charge in [0.25, 0.3) is 0 Å². The molecule has 0 unspecified atom stereocenters. The van der Waals surface area contributed by atoms with Crippen LogP contribution in [0.4, 0.5) is 17.5 Å². The van der Waals surface area contributed by atoms with Crippen LogP contribution in [-0.2, 0) is 0 Å². The van der Waals surface area contributed by atoms with E-state index >= 15 is 0 Å². The first kappa shape index (κ1) is 20.9. The highest BCUT2D eigenvalue weighted by Gasteiger charge is 2.25. The predicted molar refractivity (Wildman–Crippen MR) is 120 cm³/mol. The summed E-state index contributed by atoms with van der Waals surface area (Å²) in [5, 5.41) is 16.8. The summed E-state index contributed by atoms with van der Waals surface area (Å²) in [5.41, 5.74) is 2.11. The Bertz CT molecular complexity index is 830. The van der Waals surface area contributed by atoms with Crippen LogP contribution >= 0.6 is 0 Å². The molecule has 2 fully saturated rings. The summed E-state index contributed by atoms with van der Waals surface area (Å²) in [6.45, 7) is 2.20. The molecule has 0 spiro atoms. The van der Waals surface area contributed by atoms with Gasteiger partial charge in [-0.25, -0.2) is 4.98 Å². The Balaban J connectivity index is 1.56. The van der Waals surface area contributed by atoms with E-state index in [0.29, 0.717) is 17.9 Å². The maximum atomic E-state index is 9.85. The molecule has 1 saturated carbocycles. The molecule has 0 atom stereocenters. The van der Waals surface area contributed by atoms with Crippen molar-refractivity contribution in [2.75, 3.05) is 37.9 Å². The molecule has 0 amide bonds. The Morgan fingerprint density at radius 2 is 1.87 bits per heavy atom. The van der Waals surface area contributed by atoms with Crippen LogP contribution < -0.4 is 15.4 Å². The monoisotopic (exact) mass is 411 g/mol. The van der Waals surface area contributed by atoms with Crippen LogP contribution in [0.3, 0.4) is 0 Å². The van der Waals surface area contributed by atoms with Gasteiger partial charge in [-0.2, -0.15) is 4.98 Å². The van der Waals surface area contributed by atoms with Crippen LogP contribution in [0, 0.1) is 0 Å². The molecule has 30 heavy (non-hydrogen) atoms. The number of hydrogen-bond donors (Lipinski definition) is 3. The van der Waals surface area contributed by atoms with Crippen molar-refractivity contribution in [3.05, 3.63) is 36.0 Å². The summed E-state index contributed by atoms with van der Waals surface area (Å²) in [5.74, 6) is 2.79. The van der Waals surface area contributed by atoms with Crippen LogP contribution in [0.15, 0.2) is 30.5 Å². The van der Waals surface area contributed by atoms with Crippen LogP contribution in [0.1, 0.15) is 50.0 Å². The molecule has 1 aliphatic heterocycles. The van der Waals surface area contributed by atoms with E-state index in [1.165, 1.54) is 5.56 Å². The third-order valence-corrected chi connectivity index (χ3v) is 6.34. The molecule has 1 saturated heterocycles. The van der Waals surface area contributed by atoms with E-state index in [1.54, 1.807) is 7.11 Å². The average molecular weight is 412 g/mol. The van der Waals surface area contributed by atoms with Crippen molar-refractivity contribution in [1.29, 1.82) is 0 Å². The van der Waals surface area contributed by atoms with Crippen molar-refractivity contribution in [2.45, 2.75) is 56.6 Å². The molecule has 4 rings (SSSR count). The summed E-state index contributed by atoms with van der Waals surface area (Å²) < 4.78 is 5.31. The summed E-state index contributed by atoms with van der Waals surface area (Å²) >= 11 is 0. The number of methoxy groups -OCH3 is 1.